The lowest BCUT2D eigenvalue weighted by Gasteiger charge is -2.24. The second kappa shape index (κ2) is 5.30. The molecule has 144 valence electrons. The summed E-state index contributed by atoms with van der Waals surface area (Å²) in [6.45, 7) is 5.83. The van der Waals surface area contributed by atoms with E-state index in [1.165, 1.54) is 0 Å². The zero-order valence-electron chi connectivity index (χ0n) is 15.2. The smallest absolute Gasteiger partial charge is 0.315 e. The van der Waals surface area contributed by atoms with E-state index in [4.69, 9.17) is 31.5 Å². The summed E-state index contributed by atoms with van der Waals surface area (Å²) in [4.78, 5) is 25.4. The highest BCUT2D eigenvalue weighted by Gasteiger charge is 2.80. The van der Waals surface area contributed by atoms with Crippen molar-refractivity contribution in [3.05, 3.63) is 11.5 Å². The second-order valence-corrected chi connectivity index (χ2v) is 8.14. The lowest BCUT2D eigenvalue weighted by Crippen LogP contribution is -2.36. The SMILES string of the molecule is CCOC(=O)[C@@]12C[C@@H]1[C@@H](n1cnc3c(Cl)nc(N)nc31)[C@@H]1OC(C)(C)O[C@@H]12. The minimum atomic E-state index is -0.789. The Morgan fingerprint density at radius 3 is 2.96 bits per heavy atom. The lowest BCUT2D eigenvalue weighted by atomic mass is 9.99. The van der Waals surface area contributed by atoms with Crippen LogP contribution in [0.4, 0.5) is 5.95 Å². The second-order valence-electron chi connectivity index (χ2n) is 7.78. The number of hydrogen-bond donors (Lipinski definition) is 1. The highest BCUT2D eigenvalue weighted by atomic mass is 35.5. The van der Waals surface area contributed by atoms with Crippen molar-refractivity contribution < 1.29 is 19.0 Å². The van der Waals surface area contributed by atoms with Gasteiger partial charge in [0.05, 0.1) is 19.0 Å². The van der Waals surface area contributed by atoms with Crippen LogP contribution in [0.3, 0.4) is 0 Å². The van der Waals surface area contributed by atoms with E-state index in [0.29, 0.717) is 24.2 Å². The Hall–Kier alpha value is -1.97. The number of anilines is 1. The number of nitrogen functional groups attached to an aromatic ring is 1. The zero-order chi connectivity index (χ0) is 19.1. The number of fused-ring (bicyclic) bond motifs is 4. The predicted octanol–water partition coefficient (Wildman–Crippen LogP) is 1.71. The van der Waals surface area contributed by atoms with Crippen LogP contribution in [0.15, 0.2) is 6.33 Å². The summed E-state index contributed by atoms with van der Waals surface area (Å²) >= 11 is 6.17. The van der Waals surface area contributed by atoms with Crippen LogP contribution in [0.25, 0.3) is 11.2 Å². The monoisotopic (exact) mass is 393 g/mol. The molecule has 5 rings (SSSR count). The molecule has 0 bridgehead atoms. The van der Waals surface area contributed by atoms with Gasteiger partial charge >= 0.3 is 5.97 Å². The molecule has 0 unspecified atom stereocenters. The molecule has 2 aromatic heterocycles. The standard InChI is InChI=1S/C17H20ClN5O4/c1-4-25-14(24)17-5-7(17)9(10-11(17)27-16(2,3)26-10)23-6-20-8-12(18)21-15(19)22-13(8)23/h6-7,9-11H,4-5H2,1-3H3,(H2,19,21,22)/t7-,9-,10+,11+,17+/m1/s1. The molecule has 0 amide bonds. The van der Waals surface area contributed by atoms with Gasteiger partial charge in [-0.3, -0.25) is 4.79 Å². The maximum atomic E-state index is 12.8. The highest BCUT2D eigenvalue weighted by molar-refractivity contribution is 6.33. The Balaban J connectivity index is 1.63. The van der Waals surface area contributed by atoms with E-state index in [0.717, 1.165) is 0 Å². The molecule has 3 fully saturated rings. The third-order valence-electron chi connectivity index (χ3n) is 5.82. The maximum absolute atomic E-state index is 12.8. The van der Waals surface area contributed by atoms with Crippen molar-refractivity contribution in [1.29, 1.82) is 0 Å². The number of ether oxygens (including phenoxy) is 3. The predicted molar refractivity (Wildman–Crippen MR) is 94.8 cm³/mol. The molecular weight excluding hydrogens is 374 g/mol. The van der Waals surface area contributed by atoms with Crippen molar-refractivity contribution in [3.8, 4) is 0 Å². The van der Waals surface area contributed by atoms with Gasteiger partial charge < -0.3 is 24.5 Å². The fourth-order valence-electron chi connectivity index (χ4n) is 4.81. The summed E-state index contributed by atoms with van der Waals surface area (Å²) in [6.07, 6.45) is 1.62. The summed E-state index contributed by atoms with van der Waals surface area (Å²) in [5, 5.41) is 0.196. The lowest BCUT2D eigenvalue weighted by molar-refractivity contribution is -0.172. The first kappa shape index (κ1) is 17.2. The molecule has 3 heterocycles. The minimum absolute atomic E-state index is 0.00927. The summed E-state index contributed by atoms with van der Waals surface area (Å²) in [7, 11) is 0. The average Bonchev–Trinajstić information content (AvgIpc) is 2.90. The van der Waals surface area contributed by atoms with Crippen LogP contribution in [0, 0.1) is 11.3 Å². The summed E-state index contributed by atoms with van der Waals surface area (Å²) in [5.74, 6) is -0.941. The molecule has 5 atom stereocenters. The number of carbonyl (C=O) groups excluding carboxylic acids is 1. The Labute approximate surface area is 160 Å². The molecule has 2 aliphatic carbocycles. The van der Waals surface area contributed by atoms with Crippen molar-refractivity contribution in [3.63, 3.8) is 0 Å². The van der Waals surface area contributed by atoms with Gasteiger partial charge in [-0.05, 0) is 27.2 Å². The summed E-state index contributed by atoms with van der Waals surface area (Å²) in [6, 6.07) is -0.184. The van der Waals surface area contributed by atoms with Gasteiger partial charge in [0.25, 0.3) is 0 Å². The number of rotatable bonds is 3. The number of hydrogen-bond acceptors (Lipinski definition) is 8. The van der Waals surface area contributed by atoms with Gasteiger partial charge in [-0.2, -0.15) is 9.97 Å². The van der Waals surface area contributed by atoms with Crippen molar-refractivity contribution in [2.45, 2.75) is 51.2 Å². The fraction of sp³-hybridized carbons (Fsp3) is 0.647. The molecule has 2 saturated carbocycles. The van der Waals surface area contributed by atoms with Gasteiger partial charge in [-0.1, -0.05) is 11.6 Å². The number of nitrogens with zero attached hydrogens (tertiary/aromatic N) is 4. The van der Waals surface area contributed by atoms with E-state index in [-0.39, 0.29) is 41.2 Å². The minimum Gasteiger partial charge on any atom is -0.465 e. The number of halogens is 1. The molecular formula is C17H20ClN5O4. The number of carbonyl (C=O) groups is 1. The molecule has 0 aromatic carbocycles. The largest absolute Gasteiger partial charge is 0.465 e. The Morgan fingerprint density at radius 2 is 2.22 bits per heavy atom. The van der Waals surface area contributed by atoms with Crippen LogP contribution in [-0.2, 0) is 19.0 Å². The van der Waals surface area contributed by atoms with Crippen molar-refractivity contribution in [1.82, 2.24) is 19.5 Å². The molecule has 1 aliphatic heterocycles. The fourth-order valence-corrected chi connectivity index (χ4v) is 5.03. The van der Waals surface area contributed by atoms with Crippen LogP contribution in [0.5, 0.6) is 0 Å². The first-order chi connectivity index (χ1) is 12.8. The van der Waals surface area contributed by atoms with Gasteiger partial charge in [-0.25, -0.2) is 4.98 Å². The Kier molecular flexibility index (Phi) is 3.37. The van der Waals surface area contributed by atoms with E-state index in [2.05, 4.69) is 15.0 Å². The molecule has 27 heavy (non-hydrogen) atoms. The molecule has 3 aliphatic rings. The van der Waals surface area contributed by atoms with Crippen molar-refractivity contribution >= 4 is 34.7 Å². The number of esters is 1. The van der Waals surface area contributed by atoms with E-state index >= 15 is 0 Å². The average molecular weight is 394 g/mol. The van der Waals surface area contributed by atoms with E-state index in [1.807, 2.05) is 18.4 Å². The van der Waals surface area contributed by atoms with E-state index < -0.39 is 11.2 Å². The molecule has 0 radical (unpaired) electrons. The van der Waals surface area contributed by atoms with Gasteiger partial charge in [0.2, 0.25) is 5.95 Å². The van der Waals surface area contributed by atoms with Gasteiger partial charge in [-0.15, -0.1) is 0 Å². The first-order valence-corrected chi connectivity index (χ1v) is 9.34. The normalized spacial score (nSPS) is 35.9. The van der Waals surface area contributed by atoms with Gasteiger partial charge in [0.1, 0.15) is 23.1 Å². The van der Waals surface area contributed by atoms with Crippen LogP contribution in [0.2, 0.25) is 5.15 Å². The molecule has 1 saturated heterocycles. The van der Waals surface area contributed by atoms with Crippen LogP contribution in [0.1, 0.15) is 33.2 Å². The maximum Gasteiger partial charge on any atom is 0.315 e. The van der Waals surface area contributed by atoms with Gasteiger partial charge in [0.15, 0.2) is 16.6 Å². The topological polar surface area (TPSA) is 114 Å². The number of imidazole rings is 1. The highest BCUT2D eigenvalue weighted by Crippen LogP contribution is 2.72. The first-order valence-electron chi connectivity index (χ1n) is 8.97. The summed E-state index contributed by atoms with van der Waals surface area (Å²) < 4.78 is 19.6. The van der Waals surface area contributed by atoms with Gasteiger partial charge in [0, 0.05) is 5.92 Å². The van der Waals surface area contributed by atoms with Crippen molar-refractivity contribution in [2.75, 3.05) is 12.3 Å². The molecule has 10 heteroatoms. The van der Waals surface area contributed by atoms with Crippen molar-refractivity contribution in [2.24, 2.45) is 11.3 Å². The van der Waals surface area contributed by atoms with E-state index in [9.17, 15) is 4.79 Å². The number of aromatic nitrogens is 4. The quantitative estimate of drug-likeness (QED) is 0.619. The third kappa shape index (κ3) is 2.19. The van der Waals surface area contributed by atoms with Crippen LogP contribution < -0.4 is 5.73 Å². The van der Waals surface area contributed by atoms with Crippen LogP contribution >= 0.6 is 11.6 Å². The Morgan fingerprint density at radius 1 is 1.44 bits per heavy atom. The molecule has 2 N–H and O–H groups in total. The summed E-state index contributed by atoms with van der Waals surface area (Å²) in [5.41, 5.74) is 6.08. The van der Waals surface area contributed by atoms with Crippen LogP contribution in [-0.4, -0.2) is 50.1 Å². The number of nitrogens with two attached hydrogens (primary N) is 1. The molecule has 2 aromatic rings. The molecule has 9 nitrogen and oxygen atoms in total. The third-order valence-corrected chi connectivity index (χ3v) is 6.08. The Bertz CT molecular complexity index is 962. The van der Waals surface area contributed by atoms with E-state index in [1.54, 1.807) is 13.3 Å². The molecule has 0 spiro atoms. The zero-order valence-corrected chi connectivity index (χ0v) is 15.9.